The highest BCUT2D eigenvalue weighted by atomic mass is 32.2. The molecule has 124 valence electrons. The van der Waals surface area contributed by atoms with Crippen LogP contribution in [0.5, 0.6) is 0 Å². The summed E-state index contributed by atoms with van der Waals surface area (Å²) in [6.07, 6.45) is 0.357. The predicted molar refractivity (Wildman–Crippen MR) is 86.3 cm³/mol. The van der Waals surface area contributed by atoms with Crippen molar-refractivity contribution >= 4 is 9.84 Å². The Hall–Kier alpha value is -2.61. The fourth-order valence-corrected chi connectivity index (χ4v) is 3.54. The zero-order chi connectivity index (χ0) is 17.0. The number of rotatable bonds is 6. The van der Waals surface area contributed by atoms with Crippen LogP contribution >= 0.6 is 0 Å². The van der Waals surface area contributed by atoms with Crippen molar-refractivity contribution in [3.8, 4) is 11.4 Å². The van der Waals surface area contributed by atoms with E-state index in [9.17, 15) is 12.8 Å². The summed E-state index contributed by atoms with van der Waals surface area (Å²) in [4.78, 5) is 1.62. The Kier molecular flexibility index (Phi) is 4.66. The van der Waals surface area contributed by atoms with Gasteiger partial charge in [-0.15, -0.1) is 10.2 Å². The number of hydrogen-bond acceptors (Lipinski definition) is 5. The molecule has 0 aliphatic carbocycles. The van der Waals surface area contributed by atoms with Crippen molar-refractivity contribution in [1.29, 1.82) is 0 Å². The largest absolute Gasteiger partial charge is 0.224 e. The van der Waals surface area contributed by atoms with E-state index in [1.807, 2.05) is 0 Å². The van der Waals surface area contributed by atoms with Crippen LogP contribution in [0, 0.1) is 5.82 Å². The number of benzene rings is 2. The number of halogens is 1. The Morgan fingerprint density at radius 2 is 1.83 bits per heavy atom. The molecule has 0 saturated heterocycles. The maximum absolute atomic E-state index is 13.2. The minimum absolute atomic E-state index is 0.00610. The van der Waals surface area contributed by atoms with Crippen molar-refractivity contribution in [3.05, 3.63) is 60.4 Å². The van der Waals surface area contributed by atoms with Crippen LogP contribution in [0.4, 0.5) is 4.39 Å². The van der Waals surface area contributed by atoms with Crippen molar-refractivity contribution in [1.82, 2.24) is 20.2 Å². The Bertz CT molecular complexity index is 926. The summed E-state index contributed by atoms with van der Waals surface area (Å²) in [7, 11) is -3.32. The quantitative estimate of drug-likeness (QED) is 0.685. The first kappa shape index (κ1) is 16.3. The van der Waals surface area contributed by atoms with Crippen LogP contribution in [-0.4, -0.2) is 34.4 Å². The van der Waals surface area contributed by atoms with Crippen molar-refractivity contribution < 1.29 is 12.8 Å². The summed E-state index contributed by atoms with van der Waals surface area (Å²) in [5.41, 5.74) is 0.526. The molecular formula is C16H15FN4O2S. The maximum Gasteiger partial charge on any atom is 0.205 e. The minimum atomic E-state index is -3.32. The average Bonchev–Trinajstić information content (AvgIpc) is 3.04. The molecule has 3 aromatic rings. The van der Waals surface area contributed by atoms with E-state index in [4.69, 9.17) is 0 Å². The Morgan fingerprint density at radius 1 is 1.04 bits per heavy atom. The molecule has 0 atom stereocenters. The van der Waals surface area contributed by atoms with Crippen molar-refractivity contribution in [2.24, 2.45) is 0 Å². The van der Waals surface area contributed by atoms with E-state index in [1.54, 1.807) is 42.5 Å². The highest BCUT2D eigenvalue weighted by molar-refractivity contribution is 7.91. The lowest BCUT2D eigenvalue weighted by molar-refractivity contribution is 0.511. The smallest absolute Gasteiger partial charge is 0.205 e. The second kappa shape index (κ2) is 6.88. The first-order valence-corrected chi connectivity index (χ1v) is 9.01. The van der Waals surface area contributed by atoms with E-state index in [2.05, 4.69) is 15.4 Å². The summed E-state index contributed by atoms with van der Waals surface area (Å²) >= 11 is 0. The molecule has 8 heteroatoms. The number of sulfone groups is 1. The summed E-state index contributed by atoms with van der Waals surface area (Å²) in [6, 6.07) is 14.2. The van der Waals surface area contributed by atoms with Crippen LogP contribution in [0.15, 0.2) is 59.5 Å². The molecule has 0 saturated carbocycles. The molecular weight excluding hydrogens is 331 g/mol. The summed E-state index contributed by atoms with van der Waals surface area (Å²) in [6.45, 7) is 0.314. The molecule has 6 nitrogen and oxygen atoms in total. The molecule has 0 amide bonds. The Morgan fingerprint density at radius 3 is 2.58 bits per heavy atom. The van der Waals surface area contributed by atoms with E-state index in [-0.39, 0.29) is 11.6 Å². The van der Waals surface area contributed by atoms with Crippen molar-refractivity contribution in [3.63, 3.8) is 0 Å². The van der Waals surface area contributed by atoms with Gasteiger partial charge in [0, 0.05) is 5.56 Å². The Balaban J connectivity index is 1.62. The van der Waals surface area contributed by atoms with E-state index in [1.165, 1.54) is 16.9 Å². The molecule has 0 spiro atoms. The molecule has 0 aliphatic heterocycles. The van der Waals surface area contributed by atoms with Crippen LogP contribution in [-0.2, 0) is 16.4 Å². The van der Waals surface area contributed by atoms with Gasteiger partial charge in [0.25, 0.3) is 0 Å². The van der Waals surface area contributed by atoms with Gasteiger partial charge in [-0.05, 0) is 35.9 Å². The number of nitrogens with zero attached hydrogens (tertiary/aromatic N) is 4. The van der Waals surface area contributed by atoms with E-state index < -0.39 is 9.84 Å². The zero-order valence-corrected chi connectivity index (χ0v) is 13.5. The average molecular weight is 346 g/mol. The second-order valence-electron chi connectivity index (χ2n) is 5.20. The first-order chi connectivity index (χ1) is 11.5. The van der Waals surface area contributed by atoms with Crippen LogP contribution in [0.2, 0.25) is 0 Å². The van der Waals surface area contributed by atoms with Gasteiger partial charge in [-0.1, -0.05) is 30.3 Å². The fraction of sp³-hybridized carbons (Fsp3) is 0.188. The van der Waals surface area contributed by atoms with E-state index in [0.29, 0.717) is 29.2 Å². The molecule has 0 fully saturated rings. The third-order valence-electron chi connectivity index (χ3n) is 3.41. The highest BCUT2D eigenvalue weighted by Gasteiger charge is 2.14. The van der Waals surface area contributed by atoms with Gasteiger partial charge < -0.3 is 0 Å². The number of aryl methyl sites for hydroxylation is 1. The van der Waals surface area contributed by atoms with Gasteiger partial charge in [0.2, 0.25) is 5.82 Å². The highest BCUT2D eigenvalue weighted by Crippen LogP contribution is 2.15. The maximum atomic E-state index is 13.2. The van der Waals surface area contributed by atoms with Gasteiger partial charge >= 0.3 is 0 Å². The Labute approximate surface area is 138 Å². The molecule has 0 radical (unpaired) electrons. The second-order valence-corrected chi connectivity index (χ2v) is 7.31. The normalized spacial score (nSPS) is 11.5. The van der Waals surface area contributed by atoms with Crippen LogP contribution in [0.3, 0.4) is 0 Å². The standard InChI is InChI=1S/C16H15FN4O2S/c17-14-7-4-6-13(12-14)16-18-20-21(19-16)10-5-11-24(22,23)15-8-2-1-3-9-15/h1-4,6-9,12H,5,10-11H2. The molecule has 1 aromatic heterocycles. The topological polar surface area (TPSA) is 77.7 Å². The summed E-state index contributed by atoms with van der Waals surface area (Å²) in [5.74, 6) is -0.0772. The fourth-order valence-electron chi connectivity index (χ4n) is 2.22. The zero-order valence-electron chi connectivity index (χ0n) is 12.7. The molecule has 1 heterocycles. The first-order valence-electron chi connectivity index (χ1n) is 7.36. The molecule has 24 heavy (non-hydrogen) atoms. The van der Waals surface area contributed by atoms with Gasteiger partial charge in [0.05, 0.1) is 17.2 Å². The van der Waals surface area contributed by atoms with Gasteiger partial charge in [-0.2, -0.15) is 4.80 Å². The molecule has 3 rings (SSSR count). The number of hydrogen-bond donors (Lipinski definition) is 0. The lowest BCUT2D eigenvalue weighted by atomic mass is 10.2. The van der Waals surface area contributed by atoms with Crippen LogP contribution in [0.1, 0.15) is 6.42 Å². The monoisotopic (exact) mass is 346 g/mol. The van der Waals surface area contributed by atoms with Gasteiger partial charge in [0.15, 0.2) is 9.84 Å². The van der Waals surface area contributed by atoms with E-state index in [0.717, 1.165) is 0 Å². The molecule has 0 unspecified atom stereocenters. The van der Waals surface area contributed by atoms with Crippen LogP contribution < -0.4 is 0 Å². The summed E-state index contributed by atoms with van der Waals surface area (Å²) < 4.78 is 37.6. The lowest BCUT2D eigenvalue weighted by Gasteiger charge is -2.03. The van der Waals surface area contributed by atoms with Crippen molar-refractivity contribution in [2.75, 3.05) is 5.75 Å². The van der Waals surface area contributed by atoms with Gasteiger partial charge in [0.1, 0.15) is 5.82 Å². The van der Waals surface area contributed by atoms with Crippen molar-refractivity contribution in [2.45, 2.75) is 17.9 Å². The van der Waals surface area contributed by atoms with Crippen LogP contribution in [0.25, 0.3) is 11.4 Å². The van der Waals surface area contributed by atoms with Gasteiger partial charge in [-0.3, -0.25) is 0 Å². The predicted octanol–water partition coefficient (Wildman–Crippen LogP) is 2.34. The third-order valence-corrected chi connectivity index (χ3v) is 5.23. The SMILES string of the molecule is O=S(=O)(CCCn1nnc(-c2cccc(F)c2)n1)c1ccccc1. The number of aromatic nitrogens is 4. The molecule has 0 N–H and O–H groups in total. The third kappa shape index (κ3) is 3.83. The van der Waals surface area contributed by atoms with E-state index >= 15 is 0 Å². The summed E-state index contributed by atoms with van der Waals surface area (Å²) in [5, 5.41) is 11.9. The minimum Gasteiger partial charge on any atom is -0.224 e. The van der Waals surface area contributed by atoms with Gasteiger partial charge in [-0.25, -0.2) is 12.8 Å². The molecule has 0 bridgehead atoms. The molecule has 0 aliphatic rings. The molecule has 2 aromatic carbocycles. The number of tetrazole rings is 1. The lowest BCUT2D eigenvalue weighted by Crippen LogP contribution is -2.11.